The first-order chi connectivity index (χ1) is 7.15. The van der Waals surface area contributed by atoms with Gasteiger partial charge < -0.3 is 0 Å². The summed E-state index contributed by atoms with van der Waals surface area (Å²) >= 11 is 7.16. The van der Waals surface area contributed by atoms with Gasteiger partial charge in [0.05, 0.1) is 15.1 Å². The van der Waals surface area contributed by atoms with Gasteiger partial charge >= 0.3 is 0 Å². The highest BCUT2D eigenvalue weighted by molar-refractivity contribution is 7.19. The Balaban J connectivity index is 2.43. The van der Waals surface area contributed by atoms with Crippen molar-refractivity contribution in [3.05, 3.63) is 44.5 Å². The highest BCUT2D eigenvalue weighted by Crippen LogP contribution is 2.26. The molecular weight excluding hydrogens is 236 g/mol. The number of pyridine rings is 1. The monoisotopic (exact) mass is 240 g/mol. The lowest BCUT2D eigenvalue weighted by atomic mass is 10.4. The second-order valence-corrected chi connectivity index (χ2v) is 4.27. The molecule has 76 valence electrons. The van der Waals surface area contributed by atoms with E-state index in [0.29, 0.717) is 5.15 Å². The molecule has 0 spiro atoms. The van der Waals surface area contributed by atoms with E-state index in [2.05, 4.69) is 4.98 Å². The molecule has 0 saturated carbocycles. The van der Waals surface area contributed by atoms with E-state index in [9.17, 15) is 10.1 Å². The summed E-state index contributed by atoms with van der Waals surface area (Å²) in [7, 11) is 0. The first-order valence-electron chi connectivity index (χ1n) is 4.03. The van der Waals surface area contributed by atoms with Gasteiger partial charge in [0.15, 0.2) is 0 Å². The molecule has 0 N–H and O–H groups in total. The maximum atomic E-state index is 10.1. The third kappa shape index (κ3) is 2.31. The Morgan fingerprint density at radius 3 is 3.07 bits per heavy atom. The van der Waals surface area contributed by atoms with Crippen molar-refractivity contribution in [1.82, 2.24) is 4.98 Å². The van der Waals surface area contributed by atoms with E-state index in [4.69, 9.17) is 11.6 Å². The molecule has 15 heavy (non-hydrogen) atoms. The SMILES string of the molecule is O=[N+]([O-])/C=C/c1cc2nc(Cl)ccc2s1. The zero-order valence-electron chi connectivity index (χ0n) is 7.38. The van der Waals surface area contributed by atoms with Crippen LogP contribution in [0.3, 0.4) is 0 Å². The largest absolute Gasteiger partial charge is 0.259 e. The van der Waals surface area contributed by atoms with Gasteiger partial charge in [-0.2, -0.15) is 0 Å². The standard InChI is InChI=1S/C9H5ClN2O2S/c10-9-2-1-8-7(11-9)5-6(15-8)3-4-12(13)14/h1-5H/b4-3+. The van der Waals surface area contributed by atoms with Gasteiger partial charge in [-0.3, -0.25) is 10.1 Å². The number of aromatic nitrogens is 1. The van der Waals surface area contributed by atoms with Gasteiger partial charge in [0, 0.05) is 11.0 Å². The molecule has 0 saturated heterocycles. The van der Waals surface area contributed by atoms with E-state index < -0.39 is 4.92 Å². The molecule has 0 bridgehead atoms. The quantitative estimate of drug-likeness (QED) is 0.460. The van der Waals surface area contributed by atoms with E-state index in [0.717, 1.165) is 21.3 Å². The van der Waals surface area contributed by atoms with Gasteiger partial charge in [-0.1, -0.05) is 11.6 Å². The van der Waals surface area contributed by atoms with Gasteiger partial charge in [-0.05, 0) is 18.2 Å². The van der Waals surface area contributed by atoms with E-state index in [1.165, 1.54) is 17.4 Å². The van der Waals surface area contributed by atoms with Crippen LogP contribution in [0.2, 0.25) is 5.15 Å². The number of fused-ring (bicyclic) bond motifs is 1. The molecule has 0 aliphatic heterocycles. The molecule has 6 heteroatoms. The second-order valence-electron chi connectivity index (χ2n) is 2.77. The fraction of sp³-hybridized carbons (Fsp3) is 0. The number of hydrogen-bond donors (Lipinski definition) is 0. The van der Waals surface area contributed by atoms with Crippen LogP contribution in [0.15, 0.2) is 24.4 Å². The number of nitro groups is 1. The topological polar surface area (TPSA) is 56.0 Å². The van der Waals surface area contributed by atoms with E-state index in [1.54, 1.807) is 12.1 Å². The molecule has 0 unspecified atom stereocenters. The summed E-state index contributed by atoms with van der Waals surface area (Å²) in [6, 6.07) is 5.31. The maximum absolute atomic E-state index is 10.1. The Morgan fingerprint density at radius 2 is 2.33 bits per heavy atom. The maximum Gasteiger partial charge on any atom is 0.235 e. The van der Waals surface area contributed by atoms with E-state index in [1.807, 2.05) is 6.07 Å². The van der Waals surface area contributed by atoms with Crippen LogP contribution in [-0.2, 0) is 0 Å². The van der Waals surface area contributed by atoms with Gasteiger partial charge in [-0.25, -0.2) is 4.98 Å². The minimum Gasteiger partial charge on any atom is -0.259 e. The summed E-state index contributed by atoms with van der Waals surface area (Å²) in [5, 5.41) is 10.5. The molecule has 0 aliphatic carbocycles. The molecule has 0 aromatic carbocycles. The molecular formula is C9H5ClN2O2S. The van der Waals surface area contributed by atoms with Crippen molar-refractivity contribution in [3.63, 3.8) is 0 Å². The second kappa shape index (κ2) is 3.96. The predicted octanol–water partition coefficient (Wildman–Crippen LogP) is 3.20. The number of hydrogen-bond acceptors (Lipinski definition) is 4. The minimum absolute atomic E-state index is 0.421. The molecule has 0 radical (unpaired) electrons. The van der Waals surface area contributed by atoms with Gasteiger partial charge in [0.1, 0.15) is 5.15 Å². The Morgan fingerprint density at radius 1 is 1.53 bits per heavy atom. The minimum atomic E-state index is -0.495. The normalized spacial score (nSPS) is 11.3. The van der Waals surface area contributed by atoms with Crippen molar-refractivity contribution >= 4 is 39.2 Å². The highest BCUT2D eigenvalue weighted by atomic mass is 35.5. The van der Waals surface area contributed by atoms with Crippen molar-refractivity contribution in [2.24, 2.45) is 0 Å². The number of nitrogens with zero attached hydrogens (tertiary/aromatic N) is 2. The molecule has 2 rings (SSSR count). The van der Waals surface area contributed by atoms with Crippen molar-refractivity contribution in [2.45, 2.75) is 0 Å². The molecule has 2 aromatic rings. The summed E-state index contributed by atoms with van der Waals surface area (Å²) in [4.78, 5) is 14.5. The summed E-state index contributed by atoms with van der Waals surface area (Å²) in [5.41, 5.74) is 0.760. The smallest absolute Gasteiger partial charge is 0.235 e. The molecule has 0 fully saturated rings. The fourth-order valence-electron chi connectivity index (χ4n) is 1.13. The van der Waals surface area contributed by atoms with Crippen LogP contribution in [0.25, 0.3) is 16.3 Å². The van der Waals surface area contributed by atoms with Crippen LogP contribution in [0.1, 0.15) is 4.88 Å². The Labute approximate surface area is 94.0 Å². The predicted molar refractivity (Wildman–Crippen MR) is 60.7 cm³/mol. The summed E-state index contributed by atoms with van der Waals surface area (Å²) in [6.45, 7) is 0. The number of halogens is 1. The lowest BCUT2D eigenvalue weighted by Gasteiger charge is -1.87. The van der Waals surface area contributed by atoms with Crippen LogP contribution < -0.4 is 0 Å². The zero-order valence-corrected chi connectivity index (χ0v) is 8.96. The summed E-state index contributed by atoms with van der Waals surface area (Å²) < 4.78 is 0.961. The number of thiophene rings is 1. The Bertz CT molecular complexity index is 550. The van der Waals surface area contributed by atoms with Crippen LogP contribution in [0.5, 0.6) is 0 Å². The van der Waals surface area contributed by atoms with Crippen molar-refractivity contribution in [1.29, 1.82) is 0 Å². The third-order valence-electron chi connectivity index (χ3n) is 1.72. The first kappa shape index (κ1) is 10.1. The van der Waals surface area contributed by atoms with Crippen molar-refractivity contribution < 1.29 is 4.92 Å². The van der Waals surface area contributed by atoms with Crippen molar-refractivity contribution in [2.75, 3.05) is 0 Å². The summed E-state index contributed by atoms with van der Waals surface area (Å²) in [5.74, 6) is 0. The average Bonchev–Trinajstić information content (AvgIpc) is 2.56. The van der Waals surface area contributed by atoms with Crippen molar-refractivity contribution in [3.8, 4) is 0 Å². The van der Waals surface area contributed by atoms with Crippen LogP contribution in [-0.4, -0.2) is 9.91 Å². The van der Waals surface area contributed by atoms with Crippen LogP contribution >= 0.6 is 22.9 Å². The molecule has 0 atom stereocenters. The first-order valence-corrected chi connectivity index (χ1v) is 5.22. The van der Waals surface area contributed by atoms with E-state index in [-0.39, 0.29) is 0 Å². The van der Waals surface area contributed by atoms with Gasteiger partial charge in [0.25, 0.3) is 0 Å². The summed E-state index contributed by atoms with van der Waals surface area (Å²) in [6.07, 6.45) is 2.35. The lowest BCUT2D eigenvalue weighted by molar-refractivity contribution is -0.400. The van der Waals surface area contributed by atoms with Crippen LogP contribution in [0.4, 0.5) is 0 Å². The number of rotatable bonds is 2. The zero-order chi connectivity index (χ0) is 10.8. The van der Waals surface area contributed by atoms with Gasteiger partial charge in [-0.15, -0.1) is 11.3 Å². The molecule has 2 aromatic heterocycles. The molecule has 0 aliphatic rings. The van der Waals surface area contributed by atoms with Gasteiger partial charge in [0.2, 0.25) is 6.20 Å². The third-order valence-corrected chi connectivity index (χ3v) is 2.98. The Hall–Kier alpha value is -1.46. The highest BCUT2D eigenvalue weighted by Gasteiger charge is 2.02. The lowest BCUT2D eigenvalue weighted by Crippen LogP contribution is -1.80. The molecule has 2 heterocycles. The molecule has 4 nitrogen and oxygen atoms in total. The van der Waals surface area contributed by atoms with Crippen LogP contribution in [0, 0.1) is 10.1 Å². The average molecular weight is 241 g/mol. The van der Waals surface area contributed by atoms with E-state index >= 15 is 0 Å². The molecule has 0 amide bonds. The fourth-order valence-corrected chi connectivity index (χ4v) is 2.19. The Kier molecular flexibility index (Phi) is 2.66.